The van der Waals surface area contributed by atoms with Gasteiger partial charge in [0.05, 0.1) is 17.7 Å². The van der Waals surface area contributed by atoms with Gasteiger partial charge >= 0.3 is 0 Å². The van der Waals surface area contributed by atoms with E-state index in [2.05, 4.69) is 12.3 Å². The minimum absolute atomic E-state index is 0.120. The monoisotopic (exact) mass is 288 g/mol. The number of methoxy groups -OCH3 is 1. The molecule has 0 bridgehead atoms. The minimum Gasteiger partial charge on any atom is -0.380 e. The number of nitrogens with one attached hydrogen (secondary N) is 1. The number of hydrogen-bond acceptors (Lipinski definition) is 5. The summed E-state index contributed by atoms with van der Waals surface area (Å²) in [6.45, 7) is 3.03. The van der Waals surface area contributed by atoms with Gasteiger partial charge in [-0.15, -0.1) is 0 Å². The van der Waals surface area contributed by atoms with Crippen molar-refractivity contribution in [2.75, 3.05) is 25.2 Å². The number of nitrogens with two attached hydrogens (primary N) is 1. The van der Waals surface area contributed by atoms with E-state index in [4.69, 9.17) is 15.3 Å². The van der Waals surface area contributed by atoms with Crippen molar-refractivity contribution in [1.82, 2.24) is 5.43 Å². The van der Waals surface area contributed by atoms with Crippen molar-refractivity contribution in [3.05, 3.63) is 0 Å². The molecular weight excluding hydrogens is 260 g/mol. The van der Waals surface area contributed by atoms with Gasteiger partial charge in [-0.2, -0.15) is 11.8 Å². The van der Waals surface area contributed by atoms with Gasteiger partial charge in [-0.3, -0.25) is 11.3 Å². The van der Waals surface area contributed by atoms with Crippen LogP contribution in [0.15, 0.2) is 0 Å². The van der Waals surface area contributed by atoms with Crippen LogP contribution >= 0.6 is 11.8 Å². The second kappa shape index (κ2) is 7.27. The number of hydrazine groups is 1. The van der Waals surface area contributed by atoms with Gasteiger partial charge < -0.3 is 9.47 Å². The van der Waals surface area contributed by atoms with Crippen molar-refractivity contribution < 1.29 is 9.47 Å². The van der Waals surface area contributed by atoms with Gasteiger partial charge in [-0.25, -0.2) is 0 Å². The summed E-state index contributed by atoms with van der Waals surface area (Å²) in [5, 5.41) is 0. The van der Waals surface area contributed by atoms with E-state index < -0.39 is 0 Å². The number of rotatable bonds is 5. The van der Waals surface area contributed by atoms with E-state index in [0.717, 1.165) is 25.9 Å². The third-order valence-electron chi connectivity index (χ3n) is 4.74. The first-order chi connectivity index (χ1) is 9.24. The maximum Gasteiger partial charge on any atom is 0.0737 e. The molecule has 3 N–H and O–H groups in total. The fourth-order valence-corrected chi connectivity index (χ4v) is 4.82. The van der Waals surface area contributed by atoms with Crippen LogP contribution in [0.5, 0.6) is 0 Å². The largest absolute Gasteiger partial charge is 0.380 e. The Morgan fingerprint density at radius 3 is 2.79 bits per heavy atom. The molecule has 0 radical (unpaired) electrons. The smallest absolute Gasteiger partial charge is 0.0737 e. The Hall–Kier alpha value is 0.190. The lowest BCUT2D eigenvalue weighted by atomic mass is 9.77. The summed E-state index contributed by atoms with van der Waals surface area (Å²) in [6, 6.07) is 0.241. The molecule has 0 aromatic carbocycles. The highest BCUT2D eigenvalue weighted by Gasteiger charge is 2.42. The average Bonchev–Trinajstić information content (AvgIpc) is 2.45. The predicted molar refractivity (Wildman–Crippen MR) is 80.2 cm³/mol. The molecule has 2 rings (SSSR count). The molecule has 112 valence electrons. The van der Waals surface area contributed by atoms with Crippen LogP contribution in [0.2, 0.25) is 0 Å². The maximum atomic E-state index is 6.16. The topological polar surface area (TPSA) is 56.5 Å². The molecule has 0 amide bonds. The summed E-state index contributed by atoms with van der Waals surface area (Å²) in [5.41, 5.74) is 3.13. The zero-order valence-electron chi connectivity index (χ0n) is 12.2. The molecule has 2 saturated heterocycles. The summed E-state index contributed by atoms with van der Waals surface area (Å²) >= 11 is 2.05. The SMILES string of the molecule is CCC(OC)C(NN)C1CCOC2(CCSCC2)C1. The third kappa shape index (κ3) is 3.64. The molecule has 0 saturated carbocycles. The molecule has 0 aromatic rings. The molecule has 2 aliphatic heterocycles. The van der Waals surface area contributed by atoms with Crippen molar-refractivity contribution >= 4 is 11.8 Å². The molecule has 0 aliphatic carbocycles. The Kier molecular flexibility index (Phi) is 5.96. The van der Waals surface area contributed by atoms with Crippen molar-refractivity contribution in [3.63, 3.8) is 0 Å². The first kappa shape index (κ1) is 15.6. The fraction of sp³-hybridized carbons (Fsp3) is 1.00. The molecule has 0 aromatic heterocycles. The highest BCUT2D eigenvalue weighted by molar-refractivity contribution is 7.99. The van der Waals surface area contributed by atoms with Gasteiger partial charge in [-0.05, 0) is 49.5 Å². The Labute approximate surface area is 121 Å². The summed E-state index contributed by atoms with van der Waals surface area (Å²) < 4.78 is 11.7. The van der Waals surface area contributed by atoms with Gasteiger partial charge in [0.25, 0.3) is 0 Å². The van der Waals surface area contributed by atoms with E-state index in [1.54, 1.807) is 7.11 Å². The maximum absolute atomic E-state index is 6.16. The van der Waals surface area contributed by atoms with E-state index in [1.165, 1.54) is 24.3 Å². The van der Waals surface area contributed by atoms with E-state index in [9.17, 15) is 0 Å². The standard InChI is InChI=1S/C14H28N2O2S/c1-3-12(17-2)13(16-15)11-4-7-18-14(10-11)5-8-19-9-6-14/h11-13,16H,3-10,15H2,1-2H3. The van der Waals surface area contributed by atoms with Crippen molar-refractivity contribution in [1.29, 1.82) is 0 Å². The predicted octanol–water partition coefficient (Wildman–Crippen LogP) is 1.94. The van der Waals surface area contributed by atoms with E-state index >= 15 is 0 Å². The molecular formula is C14H28N2O2S. The van der Waals surface area contributed by atoms with Crippen LogP contribution in [0, 0.1) is 5.92 Å². The molecule has 2 fully saturated rings. The molecule has 5 heteroatoms. The second-order valence-corrected chi connectivity index (χ2v) is 7.00. The third-order valence-corrected chi connectivity index (χ3v) is 5.73. The molecule has 1 spiro atoms. The van der Waals surface area contributed by atoms with Gasteiger partial charge in [0.15, 0.2) is 0 Å². The second-order valence-electron chi connectivity index (χ2n) is 5.77. The summed E-state index contributed by atoms with van der Waals surface area (Å²) in [4.78, 5) is 0. The van der Waals surface area contributed by atoms with Crippen LogP contribution in [0.1, 0.15) is 39.0 Å². The fourth-order valence-electron chi connectivity index (χ4n) is 3.58. The lowest BCUT2D eigenvalue weighted by Gasteiger charge is -2.46. The van der Waals surface area contributed by atoms with Crippen LogP contribution in [-0.4, -0.2) is 43.0 Å². The van der Waals surface area contributed by atoms with E-state index in [0.29, 0.717) is 5.92 Å². The first-order valence-electron chi connectivity index (χ1n) is 7.45. The quantitative estimate of drug-likeness (QED) is 0.598. The Morgan fingerprint density at radius 2 is 2.21 bits per heavy atom. The normalized spacial score (nSPS) is 30.2. The summed E-state index contributed by atoms with van der Waals surface area (Å²) in [5.74, 6) is 8.82. The molecule has 2 heterocycles. The van der Waals surface area contributed by atoms with Gasteiger partial charge in [-0.1, -0.05) is 6.92 Å². The highest BCUT2D eigenvalue weighted by Crippen LogP contribution is 2.41. The van der Waals surface area contributed by atoms with E-state index in [1.807, 2.05) is 11.8 Å². The summed E-state index contributed by atoms with van der Waals surface area (Å²) in [7, 11) is 1.78. The molecule has 2 aliphatic rings. The summed E-state index contributed by atoms with van der Waals surface area (Å²) in [6.07, 6.45) is 5.78. The Morgan fingerprint density at radius 1 is 1.47 bits per heavy atom. The zero-order valence-corrected chi connectivity index (χ0v) is 13.0. The zero-order chi connectivity index (χ0) is 13.7. The number of hydrogen-bond donors (Lipinski definition) is 2. The molecule has 3 unspecified atom stereocenters. The molecule has 19 heavy (non-hydrogen) atoms. The van der Waals surface area contributed by atoms with Gasteiger partial charge in [0.1, 0.15) is 0 Å². The van der Waals surface area contributed by atoms with Crippen molar-refractivity contribution in [3.8, 4) is 0 Å². The lowest BCUT2D eigenvalue weighted by Crippen LogP contribution is -2.54. The first-order valence-corrected chi connectivity index (χ1v) is 8.61. The molecule has 3 atom stereocenters. The highest BCUT2D eigenvalue weighted by atomic mass is 32.2. The Bertz CT molecular complexity index is 263. The van der Waals surface area contributed by atoms with Crippen molar-refractivity contribution in [2.24, 2.45) is 11.8 Å². The van der Waals surface area contributed by atoms with Crippen LogP contribution in [0.4, 0.5) is 0 Å². The lowest BCUT2D eigenvalue weighted by molar-refractivity contribution is -0.115. The molecule has 4 nitrogen and oxygen atoms in total. The van der Waals surface area contributed by atoms with Gasteiger partial charge in [0.2, 0.25) is 0 Å². The van der Waals surface area contributed by atoms with Crippen LogP contribution in [0.3, 0.4) is 0 Å². The van der Waals surface area contributed by atoms with E-state index in [-0.39, 0.29) is 17.7 Å². The van der Waals surface area contributed by atoms with Crippen molar-refractivity contribution in [2.45, 2.75) is 56.8 Å². The van der Waals surface area contributed by atoms with Crippen LogP contribution in [0.25, 0.3) is 0 Å². The Balaban J connectivity index is 2.02. The van der Waals surface area contributed by atoms with Crippen LogP contribution in [-0.2, 0) is 9.47 Å². The average molecular weight is 288 g/mol. The van der Waals surface area contributed by atoms with Gasteiger partial charge in [0, 0.05) is 13.7 Å². The van der Waals surface area contributed by atoms with Crippen LogP contribution < -0.4 is 11.3 Å². The number of ether oxygens (including phenoxy) is 2. The number of thioether (sulfide) groups is 1. The minimum atomic E-state index is 0.120.